The van der Waals surface area contributed by atoms with E-state index >= 15 is 0 Å². The molecule has 0 bridgehead atoms. The van der Waals surface area contributed by atoms with Gasteiger partial charge in [0.2, 0.25) is 5.88 Å². The van der Waals surface area contributed by atoms with Crippen molar-refractivity contribution in [3.8, 4) is 11.6 Å². The lowest BCUT2D eigenvalue weighted by Crippen LogP contribution is -1.98. The van der Waals surface area contributed by atoms with Gasteiger partial charge in [0.25, 0.3) is 0 Å². The molecule has 2 aromatic rings. The third-order valence-corrected chi connectivity index (χ3v) is 2.52. The van der Waals surface area contributed by atoms with E-state index in [9.17, 15) is 5.11 Å². The van der Waals surface area contributed by atoms with Crippen LogP contribution in [0.15, 0.2) is 30.3 Å². The van der Waals surface area contributed by atoms with Crippen LogP contribution in [-0.4, -0.2) is 10.1 Å². The Morgan fingerprint density at radius 3 is 2.59 bits per heavy atom. The molecule has 0 saturated heterocycles. The van der Waals surface area contributed by atoms with Gasteiger partial charge < -0.3 is 9.84 Å². The van der Waals surface area contributed by atoms with Gasteiger partial charge in [0.1, 0.15) is 12.4 Å². The molecule has 0 atom stereocenters. The third-order valence-electron chi connectivity index (χ3n) is 2.52. The van der Waals surface area contributed by atoms with Crippen molar-refractivity contribution in [2.24, 2.45) is 0 Å². The van der Waals surface area contributed by atoms with E-state index in [1.54, 1.807) is 12.1 Å². The number of rotatable bonds is 3. The van der Waals surface area contributed by atoms with Gasteiger partial charge >= 0.3 is 0 Å². The molecule has 1 aromatic carbocycles. The molecule has 2 rings (SSSR count). The molecular formula is C14H14NO2. The lowest BCUT2D eigenvalue weighted by Gasteiger charge is -2.09. The Morgan fingerprint density at radius 1 is 1.29 bits per heavy atom. The van der Waals surface area contributed by atoms with E-state index in [1.165, 1.54) is 0 Å². The van der Waals surface area contributed by atoms with Crippen LogP contribution in [0.3, 0.4) is 0 Å². The molecule has 3 heteroatoms. The highest BCUT2D eigenvalue weighted by Gasteiger charge is 2.04. The molecule has 0 saturated carbocycles. The van der Waals surface area contributed by atoms with E-state index in [0.29, 0.717) is 18.2 Å². The lowest BCUT2D eigenvalue weighted by atomic mass is 10.1. The molecule has 17 heavy (non-hydrogen) atoms. The van der Waals surface area contributed by atoms with Gasteiger partial charge in [-0.2, -0.15) is 0 Å². The zero-order valence-electron chi connectivity index (χ0n) is 9.90. The number of hydrogen-bond acceptors (Lipinski definition) is 3. The van der Waals surface area contributed by atoms with E-state index in [-0.39, 0.29) is 0 Å². The van der Waals surface area contributed by atoms with Crippen LogP contribution in [0.5, 0.6) is 11.6 Å². The van der Waals surface area contributed by atoms with Gasteiger partial charge in [-0.25, -0.2) is 4.98 Å². The number of nitrogens with zero attached hydrogens (tertiary/aromatic N) is 1. The number of benzene rings is 1. The van der Waals surface area contributed by atoms with Gasteiger partial charge in [-0.1, -0.05) is 6.07 Å². The molecule has 3 nitrogen and oxygen atoms in total. The molecule has 0 spiro atoms. The molecule has 87 valence electrons. The normalized spacial score (nSPS) is 10.2. The predicted molar refractivity (Wildman–Crippen MR) is 65.0 cm³/mol. The summed E-state index contributed by atoms with van der Waals surface area (Å²) in [4.78, 5) is 3.96. The second kappa shape index (κ2) is 4.87. The summed E-state index contributed by atoms with van der Waals surface area (Å²) in [7, 11) is 0. The Bertz CT molecular complexity index is 486. The average molecular weight is 228 g/mol. The summed E-state index contributed by atoms with van der Waals surface area (Å²) in [5, 5.41) is 9.66. The van der Waals surface area contributed by atoms with E-state index in [0.717, 1.165) is 16.7 Å². The first kappa shape index (κ1) is 11.5. The average Bonchev–Trinajstić information content (AvgIpc) is 2.34. The second-order valence-corrected chi connectivity index (χ2v) is 3.97. The van der Waals surface area contributed by atoms with E-state index < -0.39 is 0 Å². The van der Waals surface area contributed by atoms with E-state index in [4.69, 9.17) is 4.74 Å². The van der Waals surface area contributed by atoms with Gasteiger partial charge in [0, 0.05) is 6.07 Å². The minimum Gasteiger partial charge on any atom is -0.507 e. The lowest BCUT2D eigenvalue weighted by molar-refractivity contribution is 0.293. The van der Waals surface area contributed by atoms with Crippen LogP contribution in [0.25, 0.3) is 0 Å². The Labute approximate surface area is 101 Å². The number of aromatic nitrogens is 1. The number of aromatic hydroxyl groups is 1. The van der Waals surface area contributed by atoms with E-state index in [1.807, 2.05) is 32.0 Å². The minimum atomic E-state index is 0.347. The standard InChI is InChI=1S/C14H14NO2/c1-10-7-12(8-11(2)14(10)16)9-17-13-5-3-4-6-15-13/h3-5,7-8,16H,9H2,1-2H3. The van der Waals surface area contributed by atoms with Gasteiger partial charge in [0.15, 0.2) is 0 Å². The molecule has 0 aliphatic carbocycles. The summed E-state index contributed by atoms with van der Waals surface area (Å²) < 4.78 is 5.52. The molecule has 0 fully saturated rings. The van der Waals surface area contributed by atoms with Gasteiger partial charge in [-0.05, 0) is 48.7 Å². The maximum atomic E-state index is 9.66. The number of hydrogen-bond donors (Lipinski definition) is 1. The van der Waals surface area contributed by atoms with Crippen molar-refractivity contribution >= 4 is 0 Å². The minimum absolute atomic E-state index is 0.347. The maximum absolute atomic E-state index is 9.66. The molecule has 1 aromatic heterocycles. The first-order valence-electron chi connectivity index (χ1n) is 5.42. The topological polar surface area (TPSA) is 42.4 Å². The Kier molecular flexibility index (Phi) is 3.28. The second-order valence-electron chi connectivity index (χ2n) is 3.97. The van der Waals surface area contributed by atoms with Crippen molar-refractivity contribution in [2.45, 2.75) is 20.5 Å². The molecular weight excluding hydrogens is 214 g/mol. The van der Waals surface area contributed by atoms with Crippen LogP contribution < -0.4 is 4.74 Å². The van der Waals surface area contributed by atoms with Gasteiger partial charge in [-0.15, -0.1) is 0 Å². The Hall–Kier alpha value is -2.03. The molecule has 1 heterocycles. The molecule has 0 unspecified atom stereocenters. The van der Waals surface area contributed by atoms with Crippen LogP contribution in [0.4, 0.5) is 0 Å². The monoisotopic (exact) mass is 228 g/mol. The van der Waals surface area contributed by atoms with Gasteiger partial charge in [0.05, 0.1) is 6.20 Å². The van der Waals surface area contributed by atoms with Crippen molar-refractivity contribution in [1.29, 1.82) is 0 Å². The third kappa shape index (κ3) is 2.75. The van der Waals surface area contributed by atoms with Crippen LogP contribution in [0.1, 0.15) is 16.7 Å². The molecule has 0 amide bonds. The fourth-order valence-electron chi connectivity index (χ4n) is 1.68. The van der Waals surface area contributed by atoms with Crippen molar-refractivity contribution in [3.63, 3.8) is 0 Å². The van der Waals surface area contributed by atoms with Crippen molar-refractivity contribution < 1.29 is 9.84 Å². The first-order valence-corrected chi connectivity index (χ1v) is 5.42. The van der Waals surface area contributed by atoms with Crippen LogP contribution >= 0.6 is 0 Å². The Balaban J connectivity index is 2.10. The number of pyridine rings is 1. The van der Waals surface area contributed by atoms with Crippen molar-refractivity contribution in [3.05, 3.63) is 53.2 Å². The first-order chi connectivity index (χ1) is 8.16. The van der Waals surface area contributed by atoms with Gasteiger partial charge in [-0.3, -0.25) is 0 Å². The summed E-state index contributed by atoms with van der Waals surface area (Å²) in [6.07, 6.45) is 2.71. The SMILES string of the molecule is Cc1cc(COc2ccc[c]n2)cc(C)c1O. The quantitative estimate of drug-likeness (QED) is 0.878. The fourth-order valence-corrected chi connectivity index (χ4v) is 1.68. The molecule has 0 aliphatic rings. The van der Waals surface area contributed by atoms with Crippen molar-refractivity contribution in [1.82, 2.24) is 4.98 Å². The largest absolute Gasteiger partial charge is 0.507 e. The number of phenolic OH excluding ortho intramolecular Hbond substituents is 1. The van der Waals surface area contributed by atoms with Crippen molar-refractivity contribution in [2.75, 3.05) is 0 Å². The molecule has 1 N–H and O–H groups in total. The van der Waals surface area contributed by atoms with Crippen LogP contribution in [0.2, 0.25) is 0 Å². The highest BCUT2D eigenvalue weighted by molar-refractivity contribution is 5.42. The smallest absolute Gasteiger partial charge is 0.214 e. The summed E-state index contributed by atoms with van der Waals surface area (Å²) in [5.74, 6) is 0.899. The molecule has 1 radical (unpaired) electrons. The highest BCUT2D eigenvalue weighted by atomic mass is 16.5. The summed E-state index contributed by atoms with van der Waals surface area (Å²) in [6.45, 7) is 4.19. The number of ether oxygens (including phenoxy) is 1. The summed E-state index contributed by atoms with van der Waals surface area (Å²) in [5.41, 5.74) is 2.73. The van der Waals surface area contributed by atoms with E-state index in [2.05, 4.69) is 11.2 Å². The zero-order chi connectivity index (χ0) is 12.3. The summed E-state index contributed by atoms with van der Waals surface area (Å²) in [6, 6.07) is 9.16. The Morgan fingerprint density at radius 2 is 2.00 bits per heavy atom. The maximum Gasteiger partial charge on any atom is 0.214 e. The highest BCUT2D eigenvalue weighted by Crippen LogP contribution is 2.23. The van der Waals surface area contributed by atoms with Crippen LogP contribution in [0, 0.1) is 20.0 Å². The van der Waals surface area contributed by atoms with Crippen LogP contribution in [-0.2, 0) is 6.61 Å². The predicted octanol–water partition coefficient (Wildman–Crippen LogP) is 2.78. The molecule has 0 aliphatic heterocycles. The number of aryl methyl sites for hydroxylation is 2. The zero-order valence-corrected chi connectivity index (χ0v) is 9.90. The number of phenols is 1. The fraction of sp³-hybridized carbons (Fsp3) is 0.214. The summed E-state index contributed by atoms with van der Waals surface area (Å²) >= 11 is 0.